The summed E-state index contributed by atoms with van der Waals surface area (Å²) in [6.07, 6.45) is 1.49. The van der Waals surface area contributed by atoms with Gasteiger partial charge in [-0.15, -0.1) is 10.2 Å². The zero-order valence-corrected chi connectivity index (χ0v) is 9.96. The summed E-state index contributed by atoms with van der Waals surface area (Å²) in [6.45, 7) is 0. The Morgan fingerprint density at radius 1 is 1.19 bits per heavy atom. The van der Waals surface area contributed by atoms with Crippen molar-refractivity contribution in [1.29, 1.82) is 0 Å². The van der Waals surface area contributed by atoms with Gasteiger partial charge in [0.2, 0.25) is 5.28 Å². The van der Waals surface area contributed by atoms with Crippen LogP contribution < -0.4 is 0 Å². The van der Waals surface area contributed by atoms with Crippen LogP contribution in [0.1, 0.15) is 0 Å². The Hall–Kier alpha value is -1.24. The molecule has 0 aliphatic rings. The number of hydrogen-bond donors (Lipinski definition) is 0. The number of halogens is 2. The molecule has 0 aliphatic carbocycles. The lowest BCUT2D eigenvalue weighted by atomic mass is 10.2. The molecule has 2 heterocycles. The molecule has 0 atom stereocenters. The molecule has 0 fully saturated rings. The van der Waals surface area contributed by atoms with Crippen LogP contribution in [0.5, 0.6) is 0 Å². The van der Waals surface area contributed by atoms with Crippen LogP contribution in [0.4, 0.5) is 0 Å². The summed E-state index contributed by atoms with van der Waals surface area (Å²) in [6, 6.07) is 3.56. The fourth-order valence-corrected chi connectivity index (χ4v) is 2.37. The molecule has 16 heavy (non-hydrogen) atoms. The molecule has 0 saturated carbocycles. The summed E-state index contributed by atoms with van der Waals surface area (Å²) in [4.78, 5) is 0. The van der Waals surface area contributed by atoms with E-state index in [-0.39, 0.29) is 5.28 Å². The van der Waals surface area contributed by atoms with Gasteiger partial charge in [0.15, 0.2) is 0 Å². The molecule has 0 bridgehead atoms. The van der Waals surface area contributed by atoms with Crippen LogP contribution >= 0.6 is 34.9 Å². The van der Waals surface area contributed by atoms with E-state index in [9.17, 15) is 0 Å². The molecule has 0 N–H and O–H groups in total. The van der Waals surface area contributed by atoms with E-state index in [4.69, 9.17) is 23.2 Å². The normalized spacial score (nSPS) is 11.1. The van der Waals surface area contributed by atoms with Crippen LogP contribution in [-0.4, -0.2) is 23.5 Å². The van der Waals surface area contributed by atoms with Gasteiger partial charge in [0.05, 0.1) is 22.4 Å². The molecule has 3 aromatic rings. The van der Waals surface area contributed by atoms with E-state index in [1.807, 2.05) is 6.07 Å². The summed E-state index contributed by atoms with van der Waals surface area (Å²) >= 11 is 13.1. The number of nitrogens with zero attached hydrogens (tertiary/aromatic N) is 5. The van der Waals surface area contributed by atoms with E-state index in [1.165, 1.54) is 6.33 Å². The van der Waals surface area contributed by atoms with E-state index < -0.39 is 0 Å². The van der Waals surface area contributed by atoms with E-state index in [2.05, 4.69) is 18.9 Å². The van der Waals surface area contributed by atoms with Gasteiger partial charge in [0.25, 0.3) is 0 Å². The standard InChI is InChI=1S/C8H3Cl2N5S/c9-4-1-2-5-6(14-16-13-5)7(4)15-3-11-12-8(15)10/h1-3H. The van der Waals surface area contributed by atoms with Crippen molar-refractivity contribution >= 4 is 46.0 Å². The van der Waals surface area contributed by atoms with E-state index in [0.717, 1.165) is 17.2 Å². The van der Waals surface area contributed by atoms with Gasteiger partial charge in [-0.05, 0) is 23.7 Å². The van der Waals surface area contributed by atoms with Gasteiger partial charge in [-0.25, -0.2) is 0 Å². The molecule has 3 rings (SSSR count). The molecular weight excluding hydrogens is 269 g/mol. The Bertz CT molecular complexity index is 661. The van der Waals surface area contributed by atoms with Crippen molar-refractivity contribution in [3.05, 3.63) is 28.8 Å². The largest absolute Gasteiger partial charge is 0.268 e. The summed E-state index contributed by atoms with van der Waals surface area (Å²) in [7, 11) is 0. The van der Waals surface area contributed by atoms with Crippen molar-refractivity contribution < 1.29 is 0 Å². The van der Waals surface area contributed by atoms with Gasteiger partial charge >= 0.3 is 0 Å². The van der Waals surface area contributed by atoms with Crippen LogP contribution in [-0.2, 0) is 0 Å². The highest BCUT2D eigenvalue weighted by molar-refractivity contribution is 7.00. The molecule has 1 aromatic carbocycles. The van der Waals surface area contributed by atoms with Crippen LogP contribution in [0.2, 0.25) is 10.3 Å². The minimum Gasteiger partial charge on any atom is -0.268 e. The Morgan fingerprint density at radius 2 is 2.06 bits per heavy atom. The highest BCUT2D eigenvalue weighted by Crippen LogP contribution is 2.29. The lowest BCUT2D eigenvalue weighted by molar-refractivity contribution is 1.07. The third-order valence-corrected chi connectivity index (χ3v) is 3.20. The predicted octanol–water partition coefficient (Wildman–Crippen LogP) is 2.58. The smallest absolute Gasteiger partial charge is 0.229 e. The lowest BCUT2D eigenvalue weighted by Gasteiger charge is -2.05. The van der Waals surface area contributed by atoms with Gasteiger partial charge in [0.1, 0.15) is 17.4 Å². The second-order valence-electron chi connectivity index (χ2n) is 3.00. The maximum absolute atomic E-state index is 6.13. The lowest BCUT2D eigenvalue weighted by Crippen LogP contribution is -1.95. The molecule has 0 amide bonds. The van der Waals surface area contributed by atoms with E-state index in [0.29, 0.717) is 16.2 Å². The molecule has 8 heteroatoms. The Balaban J connectivity index is 2.42. The van der Waals surface area contributed by atoms with Crippen molar-refractivity contribution in [3.63, 3.8) is 0 Å². The van der Waals surface area contributed by atoms with Crippen molar-refractivity contribution in [2.45, 2.75) is 0 Å². The molecular formula is C8H3Cl2N5S. The number of aromatic nitrogens is 5. The second-order valence-corrected chi connectivity index (χ2v) is 4.27. The molecule has 5 nitrogen and oxygen atoms in total. The quantitative estimate of drug-likeness (QED) is 0.683. The second kappa shape index (κ2) is 3.65. The average molecular weight is 272 g/mol. The number of rotatable bonds is 1. The van der Waals surface area contributed by atoms with Crippen molar-refractivity contribution in [1.82, 2.24) is 23.5 Å². The zero-order chi connectivity index (χ0) is 11.1. The molecule has 0 spiro atoms. The van der Waals surface area contributed by atoms with Crippen molar-refractivity contribution in [2.75, 3.05) is 0 Å². The Morgan fingerprint density at radius 3 is 2.81 bits per heavy atom. The topological polar surface area (TPSA) is 56.5 Å². The van der Waals surface area contributed by atoms with Gasteiger partial charge in [0, 0.05) is 0 Å². The van der Waals surface area contributed by atoms with Crippen LogP contribution in [0.3, 0.4) is 0 Å². The third-order valence-electron chi connectivity index (χ3n) is 2.10. The Kier molecular flexibility index (Phi) is 2.27. The zero-order valence-electron chi connectivity index (χ0n) is 7.63. The molecule has 0 unspecified atom stereocenters. The number of benzene rings is 1. The minimum absolute atomic E-state index is 0.238. The third kappa shape index (κ3) is 1.38. The number of hydrogen-bond acceptors (Lipinski definition) is 5. The summed E-state index contributed by atoms with van der Waals surface area (Å²) in [5.74, 6) is 0. The molecule has 0 radical (unpaired) electrons. The highest BCUT2D eigenvalue weighted by Gasteiger charge is 2.14. The molecule has 0 saturated heterocycles. The van der Waals surface area contributed by atoms with E-state index in [1.54, 1.807) is 10.6 Å². The molecule has 0 aliphatic heterocycles. The maximum atomic E-state index is 6.13. The number of fused-ring (bicyclic) bond motifs is 1. The predicted molar refractivity (Wildman–Crippen MR) is 62.4 cm³/mol. The average Bonchev–Trinajstić information content (AvgIpc) is 2.87. The van der Waals surface area contributed by atoms with Crippen LogP contribution in [0, 0.1) is 0 Å². The summed E-state index contributed by atoms with van der Waals surface area (Å²) in [5.41, 5.74) is 2.12. The van der Waals surface area contributed by atoms with Gasteiger partial charge in [-0.3, -0.25) is 4.57 Å². The first-order valence-corrected chi connectivity index (χ1v) is 5.72. The monoisotopic (exact) mass is 271 g/mol. The van der Waals surface area contributed by atoms with Crippen LogP contribution in [0.25, 0.3) is 16.7 Å². The Labute approximate surface area is 104 Å². The van der Waals surface area contributed by atoms with Crippen molar-refractivity contribution in [3.8, 4) is 5.69 Å². The first kappa shape index (κ1) is 9.95. The van der Waals surface area contributed by atoms with E-state index >= 15 is 0 Å². The molecule has 2 aromatic heterocycles. The first-order chi connectivity index (χ1) is 7.77. The maximum Gasteiger partial charge on any atom is 0.229 e. The SMILES string of the molecule is Clc1ccc2nsnc2c1-n1cnnc1Cl. The minimum atomic E-state index is 0.238. The van der Waals surface area contributed by atoms with Crippen molar-refractivity contribution in [2.24, 2.45) is 0 Å². The summed E-state index contributed by atoms with van der Waals surface area (Å²) < 4.78 is 9.90. The van der Waals surface area contributed by atoms with Gasteiger partial charge < -0.3 is 0 Å². The fraction of sp³-hybridized carbons (Fsp3) is 0. The highest BCUT2D eigenvalue weighted by atomic mass is 35.5. The fourth-order valence-electron chi connectivity index (χ4n) is 1.41. The van der Waals surface area contributed by atoms with Crippen LogP contribution in [0.15, 0.2) is 18.5 Å². The molecule has 80 valence electrons. The van der Waals surface area contributed by atoms with Gasteiger partial charge in [-0.1, -0.05) is 11.6 Å². The van der Waals surface area contributed by atoms with Gasteiger partial charge in [-0.2, -0.15) is 8.75 Å². The summed E-state index contributed by atoms with van der Waals surface area (Å²) in [5, 5.41) is 8.18. The first-order valence-electron chi connectivity index (χ1n) is 4.24.